The van der Waals surface area contributed by atoms with E-state index >= 15 is 0 Å². The molecule has 1 aliphatic heterocycles. The number of hydrogen-bond acceptors (Lipinski definition) is 3. The summed E-state index contributed by atoms with van der Waals surface area (Å²) >= 11 is 0. The molecule has 1 N–H and O–H groups in total. The lowest BCUT2D eigenvalue weighted by Crippen LogP contribution is -2.31. The highest BCUT2D eigenvalue weighted by Crippen LogP contribution is 2.22. The van der Waals surface area contributed by atoms with Gasteiger partial charge < -0.3 is 9.94 Å². The van der Waals surface area contributed by atoms with Gasteiger partial charge in [0.05, 0.1) is 6.61 Å². The standard InChI is InChI=1S/C6H11NO2/c1-2-6(5-8)3-4-7-9-6/h4,8H,2-3,5H2,1H3/t6-/m1/s1. The van der Waals surface area contributed by atoms with Crippen LogP contribution in [0.1, 0.15) is 19.8 Å². The lowest BCUT2D eigenvalue weighted by Gasteiger charge is -2.20. The van der Waals surface area contributed by atoms with Gasteiger partial charge in [-0.2, -0.15) is 0 Å². The average Bonchev–Trinajstić information content (AvgIpc) is 2.36. The number of oxime groups is 1. The number of hydrogen-bond donors (Lipinski definition) is 1. The van der Waals surface area contributed by atoms with Gasteiger partial charge in [-0.25, -0.2) is 0 Å². The van der Waals surface area contributed by atoms with Crippen molar-refractivity contribution in [3.8, 4) is 0 Å². The quantitative estimate of drug-likeness (QED) is 0.591. The van der Waals surface area contributed by atoms with Crippen molar-refractivity contribution in [1.82, 2.24) is 0 Å². The molecule has 0 amide bonds. The molecule has 52 valence electrons. The minimum Gasteiger partial charge on any atom is -0.392 e. The van der Waals surface area contributed by atoms with Crippen molar-refractivity contribution in [2.45, 2.75) is 25.4 Å². The van der Waals surface area contributed by atoms with E-state index in [9.17, 15) is 0 Å². The van der Waals surface area contributed by atoms with Crippen molar-refractivity contribution in [3.05, 3.63) is 0 Å². The van der Waals surface area contributed by atoms with Crippen LogP contribution in [0.5, 0.6) is 0 Å². The Hall–Kier alpha value is -0.570. The fourth-order valence-electron chi connectivity index (χ4n) is 0.804. The maximum atomic E-state index is 8.81. The first-order chi connectivity index (χ1) is 4.33. The lowest BCUT2D eigenvalue weighted by molar-refractivity contribution is -0.0591. The van der Waals surface area contributed by atoms with Gasteiger partial charge in [0, 0.05) is 12.6 Å². The van der Waals surface area contributed by atoms with Crippen molar-refractivity contribution in [3.63, 3.8) is 0 Å². The van der Waals surface area contributed by atoms with Gasteiger partial charge in [0.2, 0.25) is 0 Å². The Morgan fingerprint density at radius 2 is 2.67 bits per heavy atom. The second-order valence-corrected chi connectivity index (χ2v) is 2.28. The van der Waals surface area contributed by atoms with Crippen LogP contribution in [0.3, 0.4) is 0 Å². The molecule has 1 atom stereocenters. The van der Waals surface area contributed by atoms with Crippen LogP contribution in [0.4, 0.5) is 0 Å². The van der Waals surface area contributed by atoms with E-state index in [1.165, 1.54) is 0 Å². The second kappa shape index (κ2) is 2.35. The third-order valence-corrected chi connectivity index (χ3v) is 1.72. The van der Waals surface area contributed by atoms with Gasteiger partial charge >= 0.3 is 0 Å². The van der Waals surface area contributed by atoms with E-state index in [1.54, 1.807) is 6.21 Å². The molecule has 3 nitrogen and oxygen atoms in total. The molecule has 0 aromatic rings. The van der Waals surface area contributed by atoms with E-state index < -0.39 is 0 Å². The molecule has 1 aliphatic rings. The van der Waals surface area contributed by atoms with Crippen molar-refractivity contribution in [2.24, 2.45) is 5.16 Å². The summed E-state index contributed by atoms with van der Waals surface area (Å²) in [6, 6.07) is 0. The maximum absolute atomic E-state index is 8.81. The number of nitrogens with zero attached hydrogens (tertiary/aromatic N) is 1. The summed E-state index contributed by atoms with van der Waals surface area (Å²) in [6.45, 7) is 2.04. The van der Waals surface area contributed by atoms with Crippen LogP contribution >= 0.6 is 0 Å². The summed E-state index contributed by atoms with van der Waals surface area (Å²) in [7, 11) is 0. The fraction of sp³-hybridized carbons (Fsp3) is 0.833. The molecule has 0 spiro atoms. The molecule has 3 heteroatoms. The molecule has 1 heterocycles. The van der Waals surface area contributed by atoms with Crippen LogP contribution in [-0.2, 0) is 4.84 Å². The summed E-state index contributed by atoms with van der Waals surface area (Å²) < 4.78 is 0. The largest absolute Gasteiger partial charge is 0.392 e. The van der Waals surface area contributed by atoms with Gasteiger partial charge in [0.25, 0.3) is 0 Å². The highest BCUT2D eigenvalue weighted by molar-refractivity contribution is 5.59. The van der Waals surface area contributed by atoms with Crippen molar-refractivity contribution in [2.75, 3.05) is 6.61 Å². The molecule has 0 radical (unpaired) electrons. The van der Waals surface area contributed by atoms with Crippen LogP contribution in [0, 0.1) is 0 Å². The van der Waals surface area contributed by atoms with Crippen LogP contribution in [0.25, 0.3) is 0 Å². The molecule has 0 fully saturated rings. The predicted molar refractivity (Wildman–Crippen MR) is 34.3 cm³/mol. The highest BCUT2D eigenvalue weighted by Gasteiger charge is 2.31. The number of aliphatic hydroxyl groups excluding tert-OH is 1. The molecule has 0 aromatic heterocycles. The topological polar surface area (TPSA) is 41.8 Å². The zero-order valence-electron chi connectivity index (χ0n) is 5.50. The molecule has 0 aliphatic carbocycles. The summed E-state index contributed by atoms with van der Waals surface area (Å²) in [5, 5.41) is 12.4. The number of aliphatic hydroxyl groups is 1. The predicted octanol–water partition coefficient (Wildman–Crippen LogP) is 0.534. The Morgan fingerprint density at radius 3 is 2.89 bits per heavy atom. The Bertz CT molecular complexity index is 108. The van der Waals surface area contributed by atoms with Crippen LogP contribution < -0.4 is 0 Å². The second-order valence-electron chi connectivity index (χ2n) is 2.28. The molecular weight excluding hydrogens is 118 g/mol. The zero-order valence-corrected chi connectivity index (χ0v) is 5.50. The molecule has 0 bridgehead atoms. The van der Waals surface area contributed by atoms with Crippen molar-refractivity contribution < 1.29 is 9.94 Å². The Morgan fingerprint density at radius 1 is 1.89 bits per heavy atom. The molecule has 9 heavy (non-hydrogen) atoms. The first-order valence-electron chi connectivity index (χ1n) is 3.14. The molecule has 0 unspecified atom stereocenters. The van der Waals surface area contributed by atoms with Crippen LogP contribution in [-0.4, -0.2) is 23.5 Å². The smallest absolute Gasteiger partial charge is 0.165 e. The summed E-state index contributed by atoms with van der Waals surface area (Å²) in [5.74, 6) is 0. The van der Waals surface area contributed by atoms with E-state index in [-0.39, 0.29) is 12.2 Å². The van der Waals surface area contributed by atoms with Gasteiger partial charge in [-0.1, -0.05) is 12.1 Å². The fourth-order valence-corrected chi connectivity index (χ4v) is 0.804. The first-order valence-corrected chi connectivity index (χ1v) is 3.14. The van der Waals surface area contributed by atoms with Gasteiger partial charge in [0.15, 0.2) is 5.60 Å². The minimum atomic E-state index is -0.389. The van der Waals surface area contributed by atoms with Crippen LogP contribution in [0.2, 0.25) is 0 Å². The van der Waals surface area contributed by atoms with Gasteiger partial charge in [-0.15, -0.1) is 0 Å². The third-order valence-electron chi connectivity index (χ3n) is 1.72. The average molecular weight is 129 g/mol. The SMILES string of the molecule is CC[C@]1(CO)CC=NO1. The van der Waals surface area contributed by atoms with Crippen molar-refractivity contribution >= 4 is 6.21 Å². The van der Waals surface area contributed by atoms with E-state index in [4.69, 9.17) is 9.94 Å². The number of rotatable bonds is 2. The van der Waals surface area contributed by atoms with Crippen molar-refractivity contribution in [1.29, 1.82) is 0 Å². The molecule has 0 saturated heterocycles. The molecular formula is C6H11NO2. The summed E-state index contributed by atoms with van der Waals surface area (Å²) in [5.41, 5.74) is -0.389. The third kappa shape index (κ3) is 1.05. The molecule has 0 aromatic carbocycles. The van der Waals surface area contributed by atoms with Gasteiger partial charge in [-0.05, 0) is 6.42 Å². The monoisotopic (exact) mass is 129 g/mol. The lowest BCUT2D eigenvalue weighted by atomic mass is 9.99. The van der Waals surface area contributed by atoms with E-state index in [0.29, 0.717) is 0 Å². The Balaban J connectivity index is 2.50. The van der Waals surface area contributed by atoms with E-state index in [1.807, 2.05) is 6.92 Å². The maximum Gasteiger partial charge on any atom is 0.165 e. The first kappa shape index (κ1) is 6.55. The molecule has 0 saturated carbocycles. The Kier molecular flexibility index (Phi) is 1.71. The minimum absolute atomic E-state index is 0.0590. The summed E-state index contributed by atoms with van der Waals surface area (Å²) in [4.78, 5) is 4.96. The Labute approximate surface area is 54.3 Å². The van der Waals surface area contributed by atoms with Gasteiger partial charge in [0.1, 0.15) is 0 Å². The normalized spacial score (nSPS) is 32.7. The highest BCUT2D eigenvalue weighted by atomic mass is 16.7. The van der Waals surface area contributed by atoms with Crippen LogP contribution in [0.15, 0.2) is 5.16 Å². The van der Waals surface area contributed by atoms with E-state index in [0.717, 1.165) is 12.8 Å². The van der Waals surface area contributed by atoms with Gasteiger partial charge in [-0.3, -0.25) is 0 Å². The zero-order chi connectivity index (χ0) is 6.74. The molecule has 1 rings (SSSR count). The summed E-state index contributed by atoms with van der Waals surface area (Å²) in [6.07, 6.45) is 3.24. The van der Waals surface area contributed by atoms with E-state index in [2.05, 4.69) is 5.16 Å².